The van der Waals surface area contributed by atoms with Gasteiger partial charge in [-0.1, -0.05) is 23.9 Å². The average molecular weight is 425 g/mol. The standard InChI is InChI=1S/C22H24N4O3S/c1-15-12-19(27)24-17-6-2-3-7-18(17)26(15)21(28)14-30-20-9-8-16(13-23-20)22(29)25-10-4-5-11-25/h2-3,6-9,13,15H,4-5,10-12,14H2,1H3,(H,24,27). The zero-order valence-corrected chi connectivity index (χ0v) is 17.7. The number of nitrogens with zero attached hydrogens (tertiary/aromatic N) is 3. The second kappa shape index (κ2) is 8.87. The van der Waals surface area contributed by atoms with Gasteiger partial charge in [-0.2, -0.15) is 0 Å². The van der Waals surface area contributed by atoms with E-state index in [2.05, 4.69) is 10.3 Å². The second-order valence-corrected chi connectivity index (χ2v) is 8.55. The lowest BCUT2D eigenvalue weighted by atomic mass is 10.2. The van der Waals surface area contributed by atoms with Crippen molar-refractivity contribution in [2.75, 3.05) is 29.1 Å². The fraction of sp³-hybridized carbons (Fsp3) is 0.364. The molecule has 8 heteroatoms. The maximum Gasteiger partial charge on any atom is 0.255 e. The smallest absolute Gasteiger partial charge is 0.255 e. The maximum absolute atomic E-state index is 13.0. The summed E-state index contributed by atoms with van der Waals surface area (Å²) in [6, 6.07) is 10.7. The molecule has 0 bridgehead atoms. The molecule has 7 nitrogen and oxygen atoms in total. The number of hydrogen-bond donors (Lipinski definition) is 1. The number of para-hydroxylation sites is 2. The van der Waals surface area contributed by atoms with E-state index in [0.717, 1.165) is 25.9 Å². The topological polar surface area (TPSA) is 82.6 Å². The minimum absolute atomic E-state index is 0.0137. The Labute approximate surface area is 179 Å². The van der Waals surface area contributed by atoms with Crippen LogP contribution in [-0.2, 0) is 9.59 Å². The molecule has 0 saturated carbocycles. The molecule has 2 aliphatic heterocycles. The van der Waals surface area contributed by atoms with Gasteiger partial charge in [0.1, 0.15) is 0 Å². The molecular formula is C22H24N4O3S. The molecule has 1 saturated heterocycles. The zero-order chi connectivity index (χ0) is 21.1. The molecule has 0 aliphatic carbocycles. The maximum atomic E-state index is 13.0. The number of pyridine rings is 1. The Morgan fingerprint density at radius 1 is 1.17 bits per heavy atom. The molecule has 0 radical (unpaired) electrons. The first-order chi connectivity index (χ1) is 14.5. The third kappa shape index (κ3) is 4.33. The van der Waals surface area contributed by atoms with E-state index >= 15 is 0 Å². The van der Waals surface area contributed by atoms with Gasteiger partial charge in [0.25, 0.3) is 5.91 Å². The van der Waals surface area contributed by atoms with E-state index < -0.39 is 0 Å². The highest BCUT2D eigenvalue weighted by atomic mass is 32.2. The number of anilines is 2. The Morgan fingerprint density at radius 2 is 1.93 bits per heavy atom. The second-order valence-electron chi connectivity index (χ2n) is 7.56. The van der Waals surface area contributed by atoms with E-state index in [-0.39, 0.29) is 35.9 Å². The van der Waals surface area contributed by atoms with Crippen LogP contribution in [0.3, 0.4) is 0 Å². The minimum Gasteiger partial charge on any atom is -0.339 e. The number of aromatic nitrogens is 1. The monoisotopic (exact) mass is 424 g/mol. The molecule has 1 fully saturated rings. The number of carbonyl (C=O) groups is 3. The number of carbonyl (C=O) groups excluding carboxylic acids is 3. The Bertz CT molecular complexity index is 957. The number of likely N-dealkylation sites (tertiary alicyclic amines) is 1. The molecular weight excluding hydrogens is 400 g/mol. The fourth-order valence-corrected chi connectivity index (χ4v) is 4.57. The summed E-state index contributed by atoms with van der Waals surface area (Å²) >= 11 is 1.33. The first-order valence-electron chi connectivity index (χ1n) is 10.1. The van der Waals surface area contributed by atoms with Crippen molar-refractivity contribution in [1.82, 2.24) is 9.88 Å². The van der Waals surface area contributed by atoms with Gasteiger partial charge < -0.3 is 15.1 Å². The van der Waals surface area contributed by atoms with Crippen LogP contribution in [0, 0.1) is 0 Å². The Morgan fingerprint density at radius 3 is 2.67 bits per heavy atom. The minimum atomic E-state index is -0.241. The van der Waals surface area contributed by atoms with Gasteiger partial charge in [0.05, 0.1) is 27.7 Å². The number of thioether (sulfide) groups is 1. The van der Waals surface area contributed by atoms with Crippen molar-refractivity contribution in [3.63, 3.8) is 0 Å². The highest BCUT2D eigenvalue weighted by Gasteiger charge is 2.29. The molecule has 1 atom stereocenters. The van der Waals surface area contributed by atoms with Crippen molar-refractivity contribution in [3.8, 4) is 0 Å². The largest absolute Gasteiger partial charge is 0.339 e. The summed E-state index contributed by atoms with van der Waals surface area (Å²) in [4.78, 5) is 45.4. The molecule has 2 aromatic rings. The third-order valence-corrected chi connectivity index (χ3v) is 6.28. The van der Waals surface area contributed by atoms with Crippen molar-refractivity contribution in [1.29, 1.82) is 0 Å². The molecule has 1 aromatic carbocycles. The van der Waals surface area contributed by atoms with Crippen LogP contribution in [0.4, 0.5) is 11.4 Å². The number of fused-ring (bicyclic) bond motifs is 1. The van der Waals surface area contributed by atoms with Crippen molar-refractivity contribution in [3.05, 3.63) is 48.2 Å². The summed E-state index contributed by atoms with van der Waals surface area (Å²) in [5.74, 6) is 0.0207. The van der Waals surface area contributed by atoms with E-state index in [9.17, 15) is 14.4 Å². The molecule has 1 aromatic heterocycles. The third-order valence-electron chi connectivity index (χ3n) is 5.35. The normalized spacial score (nSPS) is 18.6. The van der Waals surface area contributed by atoms with E-state index in [1.807, 2.05) is 30.0 Å². The van der Waals surface area contributed by atoms with Gasteiger partial charge in [0, 0.05) is 31.7 Å². The molecule has 3 amide bonds. The molecule has 2 aliphatic rings. The van der Waals surface area contributed by atoms with Crippen LogP contribution in [-0.4, -0.2) is 52.5 Å². The number of benzene rings is 1. The lowest BCUT2D eigenvalue weighted by Crippen LogP contribution is -2.40. The van der Waals surface area contributed by atoms with Gasteiger partial charge in [-0.05, 0) is 44.0 Å². The SMILES string of the molecule is CC1CC(=O)Nc2ccccc2N1C(=O)CSc1ccc(C(=O)N2CCCC2)cn1. The molecule has 1 unspecified atom stereocenters. The quantitative estimate of drug-likeness (QED) is 0.763. The van der Waals surface area contributed by atoms with Gasteiger partial charge in [-0.3, -0.25) is 14.4 Å². The van der Waals surface area contributed by atoms with Crippen LogP contribution in [0.5, 0.6) is 0 Å². The summed E-state index contributed by atoms with van der Waals surface area (Å²) in [5, 5.41) is 3.55. The number of amides is 3. The predicted octanol–water partition coefficient (Wildman–Crippen LogP) is 3.17. The Kier molecular flexibility index (Phi) is 6.03. The van der Waals surface area contributed by atoms with Crippen LogP contribution >= 0.6 is 11.8 Å². The summed E-state index contributed by atoms with van der Waals surface area (Å²) < 4.78 is 0. The van der Waals surface area contributed by atoms with Crippen molar-refractivity contribution >= 4 is 40.9 Å². The molecule has 1 N–H and O–H groups in total. The number of nitrogens with one attached hydrogen (secondary N) is 1. The summed E-state index contributed by atoms with van der Waals surface area (Å²) in [6.45, 7) is 3.48. The van der Waals surface area contributed by atoms with E-state index in [4.69, 9.17) is 0 Å². The van der Waals surface area contributed by atoms with Gasteiger partial charge in [-0.15, -0.1) is 0 Å². The van der Waals surface area contributed by atoms with Crippen LogP contribution in [0.2, 0.25) is 0 Å². The first-order valence-corrected chi connectivity index (χ1v) is 11.1. The molecule has 30 heavy (non-hydrogen) atoms. The average Bonchev–Trinajstić information content (AvgIpc) is 3.24. The van der Waals surface area contributed by atoms with Crippen molar-refractivity contribution < 1.29 is 14.4 Å². The Hall–Kier alpha value is -2.87. The lowest BCUT2D eigenvalue weighted by molar-refractivity contribution is -0.117. The van der Waals surface area contributed by atoms with Crippen LogP contribution < -0.4 is 10.2 Å². The molecule has 156 valence electrons. The summed E-state index contributed by atoms with van der Waals surface area (Å²) in [5.41, 5.74) is 1.93. The zero-order valence-electron chi connectivity index (χ0n) is 16.8. The highest BCUT2D eigenvalue weighted by molar-refractivity contribution is 7.99. The molecule has 3 heterocycles. The highest BCUT2D eigenvalue weighted by Crippen LogP contribution is 2.32. The van der Waals surface area contributed by atoms with Crippen LogP contribution in [0.15, 0.2) is 47.6 Å². The Balaban J connectivity index is 1.43. The predicted molar refractivity (Wildman–Crippen MR) is 117 cm³/mol. The van der Waals surface area contributed by atoms with E-state index in [0.29, 0.717) is 22.0 Å². The fourth-order valence-electron chi connectivity index (χ4n) is 3.87. The summed E-state index contributed by atoms with van der Waals surface area (Å²) in [6.07, 6.45) is 3.93. The van der Waals surface area contributed by atoms with Crippen molar-refractivity contribution in [2.24, 2.45) is 0 Å². The molecule has 4 rings (SSSR count). The lowest BCUT2D eigenvalue weighted by Gasteiger charge is -2.27. The van der Waals surface area contributed by atoms with Gasteiger partial charge in [0.2, 0.25) is 11.8 Å². The van der Waals surface area contributed by atoms with E-state index in [1.54, 1.807) is 29.3 Å². The van der Waals surface area contributed by atoms with Gasteiger partial charge in [-0.25, -0.2) is 4.98 Å². The number of hydrogen-bond acceptors (Lipinski definition) is 5. The van der Waals surface area contributed by atoms with E-state index in [1.165, 1.54) is 11.8 Å². The number of rotatable bonds is 4. The van der Waals surface area contributed by atoms with Gasteiger partial charge >= 0.3 is 0 Å². The van der Waals surface area contributed by atoms with Crippen LogP contribution in [0.1, 0.15) is 36.5 Å². The first kappa shape index (κ1) is 20.4. The summed E-state index contributed by atoms with van der Waals surface area (Å²) in [7, 11) is 0. The van der Waals surface area contributed by atoms with Gasteiger partial charge in [0.15, 0.2) is 0 Å². The van der Waals surface area contributed by atoms with Crippen molar-refractivity contribution in [2.45, 2.75) is 37.3 Å². The van der Waals surface area contributed by atoms with Crippen LogP contribution in [0.25, 0.3) is 0 Å². The molecule has 0 spiro atoms.